The van der Waals surface area contributed by atoms with E-state index in [2.05, 4.69) is 10.6 Å². The smallest absolute Gasteiger partial charge is 0.251 e. The number of carbonyl (C=O) groups is 2. The molecule has 0 spiro atoms. The molecule has 0 saturated heterocycles. The van der Waals surface area contributed by atoms with Gasteiger partial charge in [0.25, 0.3) is 5.91 Å². The van der Waals surface area contributed by atoms with Crippen molar-refractivity contribution >= 4 is 11.8 Å². The standard InChI is InChI=1S/C15H23N3O2/c1-3-4-13(16)9-14(19)18-10-11-5-7-12(8-6-11)15(20)17-2/h5-8,13H,3-4,9-10,16H2,1-2H3,(H,17,20)(H,18,19). The zero-order valence-electron chi connectivity index (χ0n) is 12.1. The topological polar surface area (TPSA) is 84.2 Å². The summed E-state index contributed by atoms with van der Waals surface area (Å²) in [7, 11) is 1.59. The van der Waals surface area contributed by atoms with E-state index in [0.717, 1.165) is 18.4 Å². The molecule has 5 nitrogen and oxygen atoms in total. The van der Waals surface area contributed by atoms with Gasteiger partial charge in [-0.25, -0.2) is 0 Å². The predicted octanol–water partition coefficient (Wildman–Crippen LogP) is 1.18. The van der Waals surface area contributed by atoms with E-state index in [1.165, 1.54) is 0 Å². The SMILES string of the molecule is CCCC(N)CC(=O)NCc1ccc(C(=O)NC)cc1. The van der Waals surface area contributed by atoms with Gasteiger partial charge in [0.2, 0.25) is 5.91 Å². The van der Waals surface area contributed by atoms with E-state index in [9.17, 15) is 9.59 Å². The lowest BCUT2D eigenvalue weighted by Gasteiger charge is -2.10. The Morgan fingerprint density at radius 3 is 2.45 bits per heavy atom. The quantitative estimate of drug-likeness (QED) is 0.699. The summed E-state index contributed by atoms with van der Waals surface area (Å²) in [4.78, 5) is 23.0. The van der Waals surface area contributed by atoms with Gasteiger partial charge in [-0.05, 0) is 24.1 Å². The van der Waals surface area contributed by atoms with Crippen molar-refractivity contribution in [1.29, 1.82) is 0 Å². The molecular formula is C15H23N3O2. The fourth-order valence-corrected chi connectivity index (χ4v) is 1.90. The Kier molecular flexibility index (Phi) is 6.73. The molecule has 0 aromatic heterocycles. The third-order valence-electron chi connectivity index (χ3n) is 3.04. The van der Waals surface area contributed by atoms with Crippen LogP contribution < -0.4 is 16.4 Å². The number of amides is 2. The van der Waals surface area contributed by atoms with E-state index in [1.54, 1.807) is 19.2 Å². The van der Waals surface area contributed by atoms with Crippen LogP contribution in [0, 0.1) is 0 Å². The van der Waals surface area contributed by atoms with Gasteiger partial charge in [-0.1, -0.05) is 25.5 Å². The molecule has 0 aliphatic heterocycles. The van der Waals surface area contributed by atoms with E-state index in [4.69, 9.17) is 5.73 Å². The van der Waals surface area contributed by atoms with Crippen LogP contribution in [0.3, 0.4) is 0 Å². The summed E-state index contributed by atoms with van der Waals surface area (Å²) in [6, 6.07) is 7.07. The second-order valence-corrected chi connectivity index (χ2v) is 4.81. The van der Waals surface area contributed by atoms with Crippen LogP contribution in [-0.2, 0) is 11.3 Å². The second kappa shape index (κ2) is 8.32. The maximum absolute atomic E-state index is 11.7. The first kappa shape index (κ1) is 16.2. The summed E-state index contributed by atoms with van der Waals surface area (Å²) in [5, 5.41) is 5.39. The summed E-state index contributed by atoms with van der Waals surface area (Å²) in [6.07, 6.45) is 2.19. The lowest BCUT2D eigenvalue weighted by molar-refractivity contribution is -0.121. The van der Waals surface area contributed by atoms with Crippen molar-refractivity contribution in [3.63, 3.8) is 0 Å². The number of rotatable bonds is 7. The zero-order valence-corrected chi connectivity index (χ0v) is 12.1. The molecule has 4 N–H and O–H groups in total. The molecule has 0 radical (unpaired) electrons. The molecule has 1 rings (SSSR count). The van der Waals surface area contributed by atoms with Gasteiger partial charge in [-0.2, -0.15) is 0 Å². The molecule has 1 atom stereocenters. The highest BCUT2D eigenvalue weighted by Gasteiger charge is 2.08. The molecule has 0 heterocycles. The molecule has 0 saturated carbocycles. The van der Waals surface area contributed by atoms with Gasteiger partial charge in [-0.15, -0.1) is 0 Å². The Balaban J connectivity index is 2.42. The number of hydrogen-bond donors (Lipinski definition) is 3. The van der Waals surface area contributed by atoms with E-state index in [-0.39, 0.29) is 17.9 Å². The van der Waals surface area contributed by atoms with Crippen LogP contribution in [0.2, 0.25) is 0 Å². The molecule has 1 unspecified atom stereocenters. The Morgan fingerprint density at radius 1 is 1.25 bits per heavy atom. The van der Waals surface area contributed by atoms with E-state index in [1.807, 2.05) is 19.1 Å². The lowest BCUT2D eigenvalue weighted by atomic mass is 10.1. The molecule has 0 aliphatic carbocycles. The first-order valence-electron chi connectivity index (χ1n) is 6.90. The molecule has 5 heteroatoms. The maximum Gasteiger partial charge on any atom is 0.251 e. The van der Waals surface area contributed by atoms with Gasteiger partial charge in [0.05, 0.1) is 0 Å². The summed E-state index contributed by atoms with van der Waals surface area (Å²) < 4.78 is 0. The Labute approximate surface area is 119 Å². The van der Waals surface area contributed by atoms with E-state index >= 15 is 0 Å². The number of carbonyl (C=O) groups excluding carboxylic acids is 2. The highest BCUT2D eigenvalue weighted by atomic mass is 16.2. The summed E-state index contributed by atoms with van der Waals surface area (Å²) in [5.74, 6) is -0.160. The van der Waals surface area contributed by atoms with Crippen LogP contribution >= 0.6 is 0 Å². The summed E-state index contributed by atoms with van der Waals surface area (Å²) in [6.45, 7) is 2.50. The first-order chi connectivity index (χ1) is 9.56. The van der Waals surface area contributed by atoms with Crippen LogP contribution in [-0.4, -0.2) is 24.9 Å². The van der Waals surface area contributed by atoms with Crippen LogP contribution in [0.15, 0.2) is 24.3 Å². The van der Waals surface area contributed by atoms with Crippen molar-refractivity contribution in [1.82, 2.24) is 10.6 Å². The minimum absolute atomic E-state index is 0.0404. The third-order valence-corrected chi connectivity index (χ3v) is 3.04. The van der Waals surface area contributed by atoms with Crippen LogP contribution in [0.1, 0.15) is 42.1 Å². The van der Waals surface area contributed by atoms with Crippen molar-refractivity contribution in [3.8, 4) is 0 Å². The molecule has 1 aromatic carbocycles. The van der Waals surface area contributed by atoms with Gasteiger partial charge < -0.3 is 16.4 Å². The van der Waals surface area contributed by atoms with E-state index in [0.29, 0.717) is 18.5 Å². The van der Waals surface area contributed by atoms with Crippen LogP contribution in [0.5, 0.6) is 0 Å². The van der Waals surface area contributed by atoms with Gasteiger partial charge >= 0.3 is 0 Å². The molecule has 0 bridgehead atoms. The largest absolute Gasteiger partial charge is 0.355 e. The van der Waals surface area contributed by atoms with Crippen molar-refractivity contribution in [2.75, 3.05) is 7.05 Å². The van der Waals surface area contributed by atoms with E-state index < -0.39 is 0 Å². The Morgan fingerprint density at radius 2 is 1.90 bits per heavy atom. The van der Waals surface area contributed by atoms with Crippen molar-refractivity contribution < 1.29 is 9.59 Å². The fraction of sp³-hybridized carbons (Fsp3) is 0.467. The molecule has 0 aliphatic rings. The molecule has 2 amide bonds. The predicted molar refractivity (Wildman–Crippen MR) is 79.2 cm³/mol. The molecule has 1 aromatic rings. The minimum atomic E-state index is -0.119. The Hall–Kier alpha value is -1.88. The third kappa shape index (κ3) is 5.40. The zero-order chi connectivity index (χ0) is 15.0. The minimum Gasteiger partial charge on any atom is -0.355 e. The number of nitrogens with two attached hydrogens (primary N) is 1. The fourth-order valence-electron chi connectivity index (χ4n) is 1.90. The van der Waals surface area contributed by atoms with Gasteiger partial charge in [0.1, 0.15) is 0 Å². The van der Waals surface area contributed by atoms with Gasteiger partial charge in [-0.3, -0.25) is 9.59 Å². The first-order valence-corrected chi connectivity index (χ1v) is 6.90. The maximum atomic E-state index is 11.7. The average molecular weight is 277 g/mol. The highest BCUT2D eigenvalue weighted by molar-refractivity contribution is 5.93. The number of hydrogen-bond acceptors (Lipinski definition) is 3. The molecule has 0 fully saturated rings. The molecule has 110 valence electrons. The second-order valence-electron chi connectivity index (χ2n) is 4.81. The number of nitrogens with one attached hydrogen (secondary N) is 2. The van der Waals surface area contributed by atoms with Crippen molar-refractivity contribution in [3.05, 3.63) is 35.4 Å². The van der Waals surface area contributed by atoms with Gasteiger partial charge in [0, 0.05) is 31.6 Å². The van der Waals surface area contributed by atoms with Crippen LogP contribution in [0.25, 0.3) is 0 Å². The highest BCUT2D eigenvalue weighted by Crippen LogP contribution is 2.05. The lowest BCUT2D eigenvalue weighted by Crippen LogP contribution is -2.31. The summed E-state index contributed by atoms with van der Waals surface area (Å²) >= 11 is 0. The summed E-state index contributed by atoms with van der Waals surface area (Å²) in [5.41, 5.74) is 7.38. The molecule has 20 heavy (non-hydrogen) atoms. The van der Waals surface area contributed by atoms with Gasteiger partial charge in [0.15, 0.2) is 0 Å². The Bertz CT molecular complexity index is 443. The average Bonchev–Trinajstić information content (AvgIpc) is 2.45. The number of benzene rings is 1. The monoisotopic (exact) mass is 277 g/mol. The van der Waals surface area contributed by atoms with Crippen LogP contribution in [0.4, 0.5) is 0 Å². The molecular weight excluding hydrogens is 254 g/mol. The normalized spacial score (nSPS) is 11.8. The van der Waals surface area contributed by atoms with Crippen molar-refractivity contribution in [2.24, 2.45) is 5.73 Å². The van der Waals surface area contributed by atoms with Crippen molar-refractivity contribution in [2.45, 2.75) is 38.8 Å².